The third kappa shape index (κ3) is 2.96. The summed E-state index contributed by atoms with van der Waals surface area (Å²) < 4.78 is 5.72. The highest BCUT2D eigenvalue weighted by Gasteiger charge is 2.24. The molecule has 1 amide bonds. The maximum absolute atomic E-state index is 12.1. The number of aryl methyl sites for hydroxylation is 1. The summed E-state index contributed by atoms with van der Waals surface area (Å²) in [4.78, 5) is 14.0. The van der Waals surface area contributed by atoms with E-state index in [-0.39, 0.29) is 5.91 Å². The van der Waals surface area contributed by atoms with Gasteiger partial charge < -0.3 is 9.64 Å². The van der Waals surface area contributed by atoms with Crippen molar-refractivity contribution in [3.05, 3.63) is 28.8 Å². The minimum atomic E-state index is -0.442. The number of halogens is 1. The van der Waals surface area contributed by atoms with E-state index in [2.05, 4.69) is 0 Å². The Morgan fingerprint density at radius 3 is 2.67 bits per heavy atom. The molecule has 1 saturated heterocycles. The summed E-state index contributed by atoms with van der Waals surface area (Å²) in [5, 5.41) is 0.679. The highest BCUT2D eigenvalue weighted by molar-refractivity contribution is 6.30. The Hall–Kier alpha value is -1.22. The fourth-order valence-corrected chi connectivity index (χ4v) is 2.41. The first-order valence-electron chi connectivity index (χ1n) is 6.29. The molecule has 3 nitrogen and oxygen atoms in total. The van der Waals surface area contributed by atoms with Gasteiger partial charge >= 0.3 is 0 Å². The van der Waals surface area contributed by atoms with Crippen LogP contribution in [0.25, 0.3) is 0 Å². The van der Waals surface area contributed by atoms with Gasteiger partial charge in [-0.25, -0.2) is 0 Å². The fraction of sp³-hybridized carbons (Fsp3) is 0.500. The van der Waals surface area contributed by atoms with Crippen LogP contribution in [0.5, 0.6) is 5.75 Å². The van der Waals surface area contributed by atoms with Gasteiger partial charge in [0.25, 0.3) is 5.91 Å². The molecule has 98 valence electrons. The molecule has 4 heteroatoms. The lowest BCUT2D eigenvalue weighted by molar-refractivity contribution is -0.136. The number of amides is 1. The van der Waals surface area contributed by atoms with Crippen molar-refractivity contribution in [2.45, 2.75) is 32.8 Å². The Bertz CT molecular complexity index is 441. The molecule has 0 aliphatic carbocycles. The van der Waals surface area contributed by atoms with Crippen LogP contribution < -0.4 is 4.74 Å². The molecule has 1 heterocycles. The largest absolute Gasteiger partial charge is 0.481 e. The molecule has 0 bridgehead atoms. The fourth-order valence-electron chi connectivity index (χ4n) is 2.18. The normalized spacial score (nSPS) is 16.7. The van der Waals surface area contributed by atoms with Crippen LogP contribution >= 0.6 is 11.6 Å². The Morgan fingerprint density at radius 1 is 1.39 bits per heavy atom. The molecule has 0 N–H and O–H groups in total. The van der Waals surface area contributed by atoms with Gasteiger partial charge in [-0.15, -0.1) is 0 Å². The van der Waals surface area contributed by atoms with Crippen LogP contribution in [0.1, 0.15) is 25.3 Å². The summed E-state index contributed by atoms with van der Waals surface area (Å²) in [5.41, 5.74) is 0.948. The zero-order valence-electron chi connectivity index (χ0n) is 10.8. The molecule has 1 aliphatic heterocycles. The van der Waals surface area contributed by atoms with Crippen LogP contribution in [-0.2, 0) is 4.79 Å². The number of rotatable bonds is 3. The molecule has 18 heavy (non-hydrogen) atoms. The molecule has 2 rings (SSSR count). The molecule has 0 aromatic heterocycles. The van der Waals surface area contributed by atoms with E-state index in [1.165, 1.54) is 0 Å². The van der Waals surface area contributed by atoms with E-state index in [4.69, 9.17) is 16.3 Å². The minimum Gasteiger partial charge on any atom is -0.481 e. The smallest absolute Gasteiger partial charge is 0.263 e. The zero-order chi connectivity index (χ0) is 13.1. The maximum atomic E-state index is 12.1. The van der Waals surface area contributed by atoms with Gasteiger partial charge in [0.15, 0.2) is 6.10 Å². The van der Waals surface area contributed by atoms with Crippen molar-refractivity contribution < 1.29 is 9.53 Å². The number of likely N-dealkylation sites (tertiary alicyclic amines) is 1. The van der Waals surface area contributed by atoms with Crippen molar-refractivity contribution in [2.24, 2.45) is 0 Å². The molecule has 1 aromatic carbocycles. The van der Waals surface area contributed by atoms with Crippen molar-refractivity contribution in [3.63, 3.8) is 0 Å². The zero-order valence-corrected chi connectivity index (χ0v) is 11.5. The first-order valence-corrected chi connectivity index (χ1v) is 6.67. The van der Waals surface area contributed by atoms with Gasteiger partial charge in [-0.2, -0.15) is 0 Å². The molecule has 0 spiro atoms. The van der Waals surface area contributed by atoms with Gasteiger partial charge in [-0.1, -0.05) is 11.6 Å². The lowest BCUT2D eigenvalue weighted by Crippen LogP contribution is -2.38. The molecule has 1 unspecified atom stereocenters. The van der Waals surface area contributed by atoms with E-state index in [1.807, 2.05) is 24.0 Å². The lowest BCUT2D eigenvalue weighted by atomic mass is 10.2. The van der Waals surface area contributed by atoms with Crippen LogP contribution in [0.3, 0.4) is 0 Å². The standard InChI is InChI=1S/C14H18ClNO2/c1-10-9-12(15)5-6-13(10)18-11(2)14(17)16-7-3-4-8-16/h5-6,9,11H,3-4,7-8H2,1-2H3. The topological polar surface area (TPSA) is 29.5 Å². The molecule has 1 aromatic rings. The maximum Gasteiger partial charge on any atom is 0.263 e. The molecular formula is C14H18ClNO2. The number of hydrogen-bond donors (Lipinski definition) is 0. The highest BCUT2D eigenvalue weighted by Crippen LogP contribution is 2.23. The molecule has 1 aliphatic rings. The van der Waals surface area contributed by atoms with Crippen molar-refractivity contribution in [2.75, 3.05) is 13.1 Å². The predicted molar refractivity (Wildman–Crippen MR) is 72.1 cm³/mol. The van der Waals surface area contributed by atoms with Crippen molar-refractivity contribution >= 4 is 17.5 Å². The second-order valence-electron chi connectivity index (χ2n) is 4.70. The number of carbonyl (C=O) groups is 1. The first kappa shape index (κ1) is 13.2. The van der Waals surface area contributed by atoms with Crippen LogP contribution in [0.4, 0.5) is 0 Å². The van der Waals surface area contributed by atoms with Crippen molar-refractivity contribution in [3.8, 4) is 5.75 Å². The summed E-state index contributed by atoms with van der Waals surface area (Å²) in [5.74, 6) is 0.793. The van der Waals surface area contributed by atoms with Crippen LogP contribution in [0, 0.1) is 6.92 Å². The predicted octanol–water partition coefficient (Wildman–Crippen LogP) is 3.04. The van der Waals surface area contributed by atoms with Gasteiger partial charge in [-0.05, 0) is 50.5 Å². The molecule has 0 saturated carbocycles. The SMILES string of the molecule is Cc1cc(Cl)ccc1OC(C)C(=O)N1CCCC1. The molecule has 1 atom stereocenters. The van der Waals surface area contributed by atoms with Gasteiger partial charge in [-0.3, -0.25) is 4.79 Å². The quantitative estimate of drug-likeness (QED) is 0.842. The minimum absolute atomic E-state index is 0.0712. The lowest BCUT2D eigenvalue weighted by Gasteiger charge is -2.22. The summed E-state index contributed by atoms with van der Waals surface area (Å²) in [6, 6.07) is 5.42. The average Bonchev–Trinajstić information content (AvgIpc) is 2.85. The van der Waals surface area contributed by atoms with E-state index >= 15 is 0 Å². The van der Waals surface area contributed by atoms with E-state index < -0.39 is 6.10 Å². The Morgan fingerprint density at radius 2 is 2.06 bits per heavy atom. The Kier molecular flexibility index (Phi) is 4.12. The number of benzene rings is 1. The van der Waals surface area contributed by atoms with Crippen molar-refractivity contribution in [1.29, 1.82) is 0 Å². The summed E-state index contributed by atoms with van der Waals surface area (Å²) in [6.07, 6.45) is 1.75. The van der Waals surface area contributed by atoms with E-state index in [0.29, 0.717) is 5.02 Å². The van der Waals surface area contributed by atoms with Gasteiger partial charge in [0.05, 0.1) is 0 Å². The van der Waals surface area contributed by atoms with Gasteiger partial charge in [0.1, 0.15) is 5.75 Å². The van der Waals surface area contributed by atoms with Crippen molar-refractivity contribution in [1.82, 2.24) is 4.90 Å². The average molecular weight is 268 g/mol. The number of carbonyl (C=O) groups excluding carboxylic acids is 1. The number of ether oxygens (including phenoxy) is 1. The molecule has 0 radical (unpaired) electrons. The Labute approximate surface area is 113 Å². The summed E-state index contributed by atoms with van der Waals surface area (Å²) >= 11 is 5.89. The second-order valence-corrected chi connectivity index (χ2v) is 5.14. The third-order valence-electron chi connectivity index (χ3n) is 3.21. The third-order valence-corrected chi connectivity index (χ3v) is 3.44. The highest BCUT2D eigenvalue weighted by atomic mass is 35.5. The molecular weight excluding hydrogens is 250 g/mol. The van der Waals surface area contributed by atoms with Crippen LogP contribution in [0.2, 0.25) is 5.02 Å². The number of nitrogens with zero attached hydrogens (tertiary/aromatic N) is 1. The summed E-state index contributed by atoms with van der Waals surface area (Å²) in [6.45, 7) is 5.43. The number of hydrogen-bond acceptors (Lipinski definition) is 2. The van der Waals surface area contributed by atoms with E-state index in [1.54, 1.807) is 13.0 Å². The van der Waals surface area contributed by atoms with Gasteiger partial charge in [0.2, 0.25) is 0 Å². The monoisotopic (exact) mass is 267 g/mol. The molecule has 1 fully saturated rings. The van der Waals surface area contributed by atoms with Gasteiger partial charge in [0, 0.05) is 18.1 Å². The Balaban J connectivity index is 2.01. The van der Waals surface area contributed by atoms with E-state index in [0.717, 1.165) is 37.2 Å². The summed E-state index contributed by atoms with van der Waals surface area (Å²) in [7, 11) is 0. The first-order chi connectivity index (χ1) is 8.58. The van der Waals surface area contributed by atoms with E-state index in [9.17, 15) is 4.79 Å². The van der Waals surface area contributed by atoms with Crippen LogP contribution in [-0.4, -0.2) is 30.0 Å². The second kappa shape index (κ2) is 5.61. The van der Waals surface area contributed by atoms with Crippen LogP contribution in [0.15, 0.2) is 18.2 Å².